The summed E-state index contributed by atoms with van der Waals surface area (Å²) in [7, 11) is 2.12. The van der Waals surface area contributed by atoms with E-state index < -0.39 is 0 Å². The van der Waals surface area contributed by atoms with Gasteiger partial charge in [0.05, 0.1) is 5.56 Å². The number of likely N-dealkylation sites (N-methyl/N-ethyl adjacent to an activating group) is 1. The standard InChI is InChI=1S/C15H20ClIN2O/c1-3-12-10-18(2)7-4-8-19(12)15(20)13-9-11(16)5-6-14(13)17/h5-6,9,12H,3-4,7-8,10H2,1-2H3. The maximum atomic E-state index is 12.8. The largest absolute Gasteiger partial charge is 0.334 e. The van der Waals surface area contributed by atoms with Gasteiger partial charge in [-0.15, -0.1) is 0 Å². The third kappa shape index (κ3) is 3.65. The minimum absolute atomic E-state index is 0.110. The van der Waals surface area contributed by atoms with Crippen molar-refractivity contribution in [3.8, 4) is 0 Å². The van der Waals surface area contributed by atoms with Crippen LogP contribution >= 0.6 is 34.2 Å². The first-order valence-electron chi connectivity index (χ1n) is 6.97. The lowest BCUT2D eigenvalue weighted by Gasteiger charge is -2.30. The number of amides is 1. The van der Waals surface area contributed by atoms with Crippen LogP contribution in [0.4, 0.5) is 0 Å². The fourth-order valence-electron chi connectivity index (χ4n) is 2.68. The average Bonchev–Trinajstić information content (AvgIpc) is 2.62. The van der Waals surface area contributed by atoms with E-state index in [2.05, 4.69) is 41.5 Å². The van der Waals surface area contributed by atoms with Gasteiger partial charge in [-0.25, -0.2) is 0 Å². The first-order chi connectivity index (χ1) is 9.52. The Morgan fingerprint density at radius 1 is 1.45 bits per heavy atom. The molecule has 0 aliphatic carbocycles. The van der Waals surface area contributed by atoms with Crippen LogP contribution < -0.4 is 0 Å². The molecule has 110 valence electrons. The molecule has 1 aromatic carbocycles. The first kappa shape index (κ1) is 16.0. The Morgan fingerprint density at radius 2 is 2.20 bits per heavy atom. The molecule has 1 heterocycles. The molecule has 1 fully saturated rings. The molecule has 0 aromatic heterocycles. The molecule has 3 nitrogen and oxygen atoms in total. The van der Waals surface area contributed by atoms with Crippen LogP contribution in [0.5, 0.6) is 0 Å². The van der Waals surface area contributed by atoms with Crippen molar-refractivity contribution >= 4 is 40.1 Å². The van der Waals surface area contributed by atoms with Crippen LogP contribution in [0.25, 0.3) is 0 Å². The third-order valence-electron chi connectivity index (χ3n) is 3.79. The number of rotatable bonds is 2. The Morgan fingerprint density at radius 3 is 2.90 bits per heavy atom. The van der Waals surface area contributed by atoms with E-state index in [-0.39, 0.29) is 11.9 Å². The molecule has 0 saturated carbocycles. The Labute approximate surface area is 139 Å². The zero-order chi connectivity index (χ0) is 14.7. The quantitative estimate of drug-likeness (QED) is 0.702. The van der Waals surface area contributed by atoms with Crippen molar-refractivity contribution < 1.29 is 4.79 Å². The van der Waals surface area contributed by atoms with Crippen molar-refractivity contribution in [2.75, 3.05) is 26.7 Å². The van der Waals surface area contributed by atoms with Gasteiger partial charge in [0.25, 0.3) is 5.91 Å². The van der Waals surface area contributed by atoms with Crippen LogP contribution in [-0.4, -0.2) is 48.4 Å². The predicted molar refractivity (Wildman–Crippen MR) is 91.4 cm³/mol. The summed E-state index contributed by atoms with van der Waals surface area (Å²) in [6, 6.07) is 5.80. The van der Waals surface area contributed by atoms with Crippen LogP contribution in [0.15, 0.2) is 18.2 Å². The molecule has 1 aromatic rings. The van der Waals surface area contributed by atoms with Crippen LogP contribution in [0, 0.1) is 3.57 Å². The summed E-state index contributed by atoms with van der Waals surface area (Å²) in [5, 5.41) is 0.619. The fourth-order valence-corrected chi connectivity index (χ4v) is 3.41. The molecule has 20 heavy (non-hydrogen) atoms. The van der Waals surface area contributed by atoms with Gasteiger partial charge >= 0.3 is 0 Å². The van der Waals surface area contributed by atoms with Gasteiger partial charge in [0, 0.05) is 27.7 Å². The highest BCUT2D eigenvalue weighted by atomic mass is 127. The zero-order valence-electron chi connectivity index (χ0n) is 11.9. The summed E-state index contributed by atoms with van der Waals surface area (Å²) < 4.78 is 0.962. The molecule has 1 unspecified atom stereocenters. The molecule has 0 N–H and O–H groups in total. The maximum absolute atomic E-state index is 12.8. The summed E-state index contributed by atoms with van der Waals surface area (Å²) >= 11 is 8.25. The molecule has 0 spiro atoms. The average molecular weight is 407 g/mol. The number of benzene rings is 1. The molecule has 5 heteroatoms. The Hall–Kier alpha value is -0.330. The molecule has 1 aliphatic heterocycles. The van der Waals surface area contributed by atoms with Crippen LogP contribution in [0.3, 0.4) is 0 Å². The van der Waals surface area contributed by atoms with Gasteiger partial charge in [0.2, 0.25) is 0 Å². The Bertz CT molecular complexity index is 495. The SMILES string of the molecule is CCC1CN(C)CCCN1C(=O)c1cc(Cl)ccc1I. The highest BCUT2D eigenvalue weighted by molar-refractivity contribution is 14.1. The van der Waals surface area contributed by atoms with E-state index in [1.807, 2.05) is 17.0 Å². The number of nitrogens with zero attached hydrogens (tertiary/aromatic N) is 2. The molecular weight excluding hydrogens is 387 g/mol. The topological polar surface area (TPSA) is 23.6 Å². The molecule has 1 amide bonds. The monoisotopic (exact) mass is 406 g/mol. The number of halogens is 2. The lowest BCUT2D eigenvalue weighted by atomic mass is 10.1. The second kappa shape index (κ2) is 7.09. The van der Waals surface area contributed by atoms with Crippen molar-refractivity contribution in [1.82, 2.24) is 9.80 Å². The summed E-state index contributed by atoms with van der Waals surface area (Å²) in [5.74, 6) is 0.110. The van der Waals surface area contributed by atoms with E-state index in [4.69, 9.17) is 11.6 Å². The summed E-state index contributed by atoms with van der Waals surface area (Å²) in [4.78, 5) is 17.2. The molecule has 1 atom stereocenters. The summed E-state index contributed by atoms with van der Waals surface area (Å²) in [6.45, 7) is 4.96. The molecular formula is C15H20ClIN2O. The number of carbonyl (C=O) groups is 1. The van der Waals surface area contributed by atoms with Crippen LogP contribution in [-0.2, 0) is 0 Å². The molecule has 0 radical (unpaired) electrons. The zero-order valence-corrected chi connectivity index (χ0v) is 14.8. The third-order valence-corrected chi connectivity index (χ3v) is 4.97. The second-order valence-corrected chi connectivity index (χ2v) is 6.90. The minimum Gasteiger partial charge on any atom is -0.334 e. The van der Waals surface area contributed by atoms with Crippen molar-refractivity contribution in [3.05, 3.63) is 32.4 Å². The van der Waals surface area contributed by atoms with E-state index in [0.717, 1.165) is 41.6 Å². The van der Waals surface area contributed by atoms with Gasteiger partial charge in [-0.3, -0.25) is 4.79 Å². The van der Waals surface area contributed by atoms with Crippen molar-refractivity contribution in [1.29, 1.82) is 0 Å². The normalized spacial score (nSPS) is 20.8. The van der Waals surface area contributed by atoms with Gasteiger partial charge < -0.3 is 9.80 Å². The van der Waals surface area contributed by atoms with Crippen LogP contribution in [0.2, 0.25) is 5.02 Å². The molecule has 1 saturated heterocycles. The van der Waals surface area contributed by atoms with Crippen molar-refractivity contribution in [3.63, 3.8) is 0 Å². The lowest BCUT2D eigenvalue weighted by Crippen LogP contribution is -2.43. The molecule has 2 rings (SSSR count). The Balaban J connectivity index is 2.27. The summed E-state index contributed by atoms with van der Waals surface area (Å²) in [5.41, 5.74) is 0.723. The molecule has 0 bridgehead atoms. The van der Waals surface area contributed by atoms with Crippen molar-refractivity contribution in [2.45, 2.75) is 25.8 Å². The highest BCUT2D eigenvalue weighted by Crippen LogP contribution is 2.22. The smallest absolute Gasteiger partial charge is 0.255 e. The Kier molecular flexibility index (Phi) is 5.69. The second-order valence-electron chi connectivity index (χ2n) is 5.30. The van der Waals surface area contributed by atoms with Gasteiger partial charge in [0.1, 0.15) is 0 Å². The van der Waals surface area contributed by atoms with Crippen LogP contribution in [0.1, 0.15) is 30.1 Å². The van der Waals surface area contributed by atoms with Gasteiger partial charge in [-0.1, -0.05) is 18.5 Å². The van der Waals surface area contributed by atoms with E-state index in [1.165, 1.54) is 0 Å². The minimum atomic E-state index is 0.110. The number of hydrogen-bond donors (Lipinski definition) is 0. The number of hydrogen-bond acceptors (Lipinski definition) is 2. The lowest BCUT2D eigenvalue weighted by molar-refractivity contribution is 0.0674. The van der Waals surface area contributed by atoms with Gasteiger partial charge in [-0.2, -0.15) is 0 Å². The maximum Gasteiger partial charge on any atom is 0.255 e. The summed E-state index contributed by atoms with van der Waals surface area (Å²) in [6.07, 6.45) is 2.00. The number of carbonyl (C=O) groups excluding carboxylic acids is 1. The fraction of sp³-hybridized carbons (Fsp3) is 0.533. The molecule has 1 aliphatic rings. The van der Waals surface area contributed by atoms with Gasteiger partial charge in [0.15, 0.2) is 0 Å². The predicted octanol–water partition coefficient (Wildman–Crippen LogP) is 3.50. The van der Waals surface area contributed by atoms with E-state index in [1.54, 1.807) is 6.07 Å². The van der Waals surface area contributed by atoms with E-state index in [0.29, 0.717) is 5.02 Å². The van der Waals surface area contributed by atoms with Gasteiger partial charge in [-0.05, 0) is 67.2 Å². The van der Waals surface area contributed by atoms with E-state index >= 15 is 0 Å². The van der Waals surface area contributed by atoms with E-state index in [9.17, 15) is 4.79 Å². The first-order valence-corrected chi connectivity index (χ1v) is 8.43. The van der Waals surface area contributed by atoms with Crippen molar-refractivity contribution in [2.24, 2.45) is 0 Å². The highest BCUT2D eigenvalue weighted by Gasteiger charge is 2.27.